The maximum Gasteiger partial charge on any atom is 0.0155 e. The predicted molar refractivity (Wildman–Crippen MR) is 45.1 cm³/mol. The minimum Gasteiger partial charge on any atom is -0.309 e. The Labute approximate surface area is 64.2 Å². The molecular formula is C9H19N. The van der Waals surface area contributed by atoms with Gasteiger partial charge in [-0.05, 0) is 19.8 Å². The van der Waals surface area contributed by atoms with Crippen molar-refractivity contribution in [3.05, 3.63) is 0 Å². The summed E-state index contributed by atoms with van der Waals surface area (Å²) in [4.78, 5) is 0. The smallest absolute Gasteiger partial charge is 0.0155 e. The molecule has 0 aromatic rings. The third-order valence-electron chi connectivity index (χ3n) is 2.34. The molecule has 1 fully saturated rings. The van der Waals surface area contributed by atoms with E-state index in [1.54, 1.807) is 0 Å². The molecule has 0 unspecified atom stereocenters. The third-order valence-corrected chi connectivity index (χ3v) is 2.34. The van der Waals surface area contributed by atoms with Gasteiger partial charge < -0.3 is 5.32 Å². The predicted octanol–water partition coefficient (Wildman–Crippen LogP) is 2.32. The summed E-state index contributed by atoms with van der Waals surface area (Å²) in [5.74, 6) is 0. The van der Waals surface area contributed by atoms with Crippen LogP contribution < -0.4 is 5.32 Å². The molecule has 10 heavy (non-hydrogen) atoms. The highest BCUT2D eigenvalue weighted by Crippen LogP contribution is 2.29. The first-order valence-electron chi connectivity index (χ1n) is 4.40. The summed E-state index contributed by atoms with van der Waals surface area (Å²) < 4.78 is 0. The second-order valence-electron chi connectivity index (χ2n) is 4.07. The first kappa shape index (κ1) is 8.06. The second kappa shape index (κ2) is 2.91. The summed E-state index contributed by atoms with van der Waals surface area (Å²) in [5, 5.41) is 3.62. The van der Waals surface area contributed by atoms with Crippen molar-refractivity contribution in [3.63, 3.8) is 0 Å². The summed E-state index contributed by atoms with van der Waals surface area (Å²) in [5.41, 5.74) is 0.466. The van der Waals surface area contributed by atoms with Crippen LogP contribution in [0.1, 0.15) is 46.5 Å². The van der Waals surface area contributed by atoms with E-state index in [1.165, 1.54) is 25.7 Å². The zero-order valence-electron chi connectivity index (χ0n) is 7.41. The highest BCUT2D eigenvalue weighted by molar-refractivity contribution is 4.88. The van der Waals surface area contributed by atoms with Crippen molar-refractivity contribution in [2.24, 2.45) is 0 Å². The molecule has 1 nitrogen and oxygen atoms in total. The van der Waals surface area contributed by atoms with Crippen molar-refractivity contribution in [2.45, 2.75) is 58.0 Å². The molecule has 60 valence electrons. The minimum absolute atomic E-state index is 0.466. The van der Waals surface area contributed by atoms with E-state index >= 15 is 0 Å². The lowest BCUT2D eigenvalue weighted by molar-refractivity contribution is 0.334. The van der Waals surface area contributed by atoms with Crippen molar-refractivity contribution in [1.29, 1.82) is 0 Å². The summed E-state index contributed by atoms with van der Waals surface area (Å²) in [6.45, 7) is 6.80. The molecule has 0 bridgehead atoms. The van der Waals surface area contributed by atoms with E-state index in [2.05, 4.69) is 26.1 Å². The topological polar surface area (TPSA) is 12.0 Å². The molecule has 0 heterocycles. The van der Waals surface area contributed by atoms with Crippen molar-refractivity contribution >= 4 is 0 Å². The fourth-order valence-electron chi connectivity index (χ4n) is 2.00. The van der Waals surface area contributed by atoms with Gasteiger partial charge in [0.2, 0.25) is 0 Å². The van der Waals surface area contributed by atoms with E-state index < -0.39 is 0 Å². The lowest BCUT2D eigenvalue weighted by Crippen LogP contribution is -2.43. The molecule has 0 aromatic heterocycles. The van der Waals surface area contributed by atoms with Crippen LogP contribution in [0.4, 0.5) is 0 Å². The van der Waals surface area contributed by atoms with Gasteiger partial charge in [0, 0.05) is 11.6 Å². The van der Waals surface area contributed by atoms with Crippen LogP contribution in [-0.4, -0.2) is 11.6 Å². The Hall–Kier alpha value is -0.0400. The number of hydrogen-bond donors (Lipinski definition) is 1. The van der Waals surface area contributed by atoms with Gasteiger partial charge >= 0.3 is 0 Å². The summed E-state index contributed by atoms with van der Waals surface area (Å²) in [6, 6.07) is 0.642. The van der Waals surface area contributed by atoms with E-state index in [9.17, 15) is 0 Å². The number of rotatable bonds is 2. The summed E-state index contributed by atoms with van der Waals surface area (Å²) in [6.07, 6.45) is 5.56. The zero-order valence-corrected chi connectivity index (χ0v) is 7.41. The van der Waals surface area contributed by atoms with Gasteiger partial charge in [0.15, 0.2) is 0 Å². The molecule has 0 spiro atoms. The van der Waals surface area contributed by atoms with E-state index in [1.807, 2.05) is 0 Å². The standard InChI is InChI=1S/C9H19N/c1-8(2)10-9(3)6-4-5-7-9/h8,10H,4-7H2,1-3H3. The molecule has 1 heteroatoms. The molecule has 1 aliphatic rings. The van der Waals surface area contributed by atoms with E-state index in [0.29, 0.717) is 11.6 Å². The fourth-order valence-corrected chi connectivity index (χ4v) is 2.00. The molecule has 0 aliphatic heterocycles. The molecule has 0 amide bonds. The molecule has 0 atom stereocenters. The highest BCUT2D eigenvalue weighted by atomic mass is 15.0. The Balaban J connectivity index is 2.36. The van der Waals surface area contributed by atoms with Crippen LogP contribution in [0.3, 0.4) is 0 Å². The lowest BCUT2D eigenvalue weighted by atomic mass is 10.00. The largest absolute Gasteiger partial charge is 0.309 e. The van der Waals surface area contributed by atoms with Crippen LogP contribution in [-0.2, 0) is 0 Å². The molecule has 1 aliphatic carbocycles. The van der Waals surface area contributed by atoms with E-state index in [-0.39, 0.29) is 0 Å². The van der Waals surface area contributed by atoms with E-state index in [4.69, 9.17) is 0 Å². The Bertz CT molecular complexity index is 101. The van der Waals surface area contributed by atoms with Gasteiger partial charge in [-0.15, -0.1) is 0 Å². The molecule has 1 N–H and O–H groups in total. The molecule has 0 aromatic carbocycles. The first-order valence-corrected chi connectivity index (χ1v) is 4.40. The quantitative estimate of drug-likeness (QED) is 0.622. The van der Waals surface area contributed by atoms with E-state index in [0.717, 1.165) is 0 Å². The van der Waals surface area contributed by atoms with Gasteiger partial charge in [0.25, 0.3) is 0 Å². The van der Waals surface area contributed by atoms with Gasteiger partial charge in [0.1, 0.15) is 0 Å². The average Bonchev–Trinajstić information content (AvgIpc) is 2.12. The SMILES string of the molecule is CC(C)NC1(C)CCCC1. The maximum atomic E-state index is 3.62. The van der Waals surface area contributed by atoms with Crippen LogP contribution in [0, 0.1) is 0 Å². The normalized spacial score (nSPS) is 24.0. The molecule has 0 radical (unpaired) electrons. The Morgan fingerprint density at radius 2 is 1.70 bits per heavy atom. The Morgan fingerprint density at radius 3 is 2.10 bits per heavy atom. The van der Waals surface area contributed by atoms with Crippen LogP contribution in [0.2, 0.25) is 0 Å². The third kappa shape index (κ3) is 1.98. The van der Waals surface area contributed by atoms with Crippen molar-refractivity contribution in [2.75, 3.05) is 0 Å². The summed E-state index contributed by atoms with van der Waals surface area (Å²) in [7, 11) is 0. The number of hydrogen-bond acceptors (Lipinski definition) is 1. The highest BCUT2D eigenvalue weighted by Gasteiger charge is 2.28. The molecular weight excluding hydrogens is 122 g/mol. The Kier molecular flexibility index (Phi) is 2.35. The van der Waals surface area contributed by atoms with Gasteiger partial charge in [-0.3, -0.25) is 0 Å². The monoisotopic (exact) mass is 141 g/mol. The number of nitrogens with one attached hydrogen (secondary N) is 1. The molecule has 1 rings (SSSR count). The van der Waals surface area contributed by atoms with Crippen molar-refractivity contribution in [1.82, 2.24) is 5.32 Å². The fraction of sp³-hybridized carbons (Fsp3) is 1.00. The second-order valence-corrected chi connectivity index (χ2v) is 4.07. The summed E-state index contributed by atoms with van der Waals surface area (Å²) >= 11 is 0. The van der Waals surface area contributed by atoms with Crippen LogP contribution in [0.15, 0.2) is 0 Å². The van der Waals surface area contributed by atoms with Crippen LogP contribution in [0.5, 0.6) is 0 Å². The maximum absolute atomic E-state index is 3.62. The van der Waals surface area contributed by atoms with Gasteiger partial charge in [-0.25, -0.2) is 0 Å². The van der Waals surface area contributed by atoms with Crippen LogP contribution in [0.25, 0.3) is 0 Å². The molecule has 1 saturated carbocycles. The van der Waals surface area contributed by atoms with Gasteiger partial charge in [0.05, 0.1) is 0 Å². The zero-order chi connectivity index (χ0) is 7.61. The van der Waals surface area contributed by atoms with Gasteiger partial charge in [-0.1, -0.05) is 26.7 Å². The van der Waals surface area contributed by atoms with Crippen molar-refractivity contribution in [3.8, 4) is 0 Å². The van der Waals surface area contributed by atoms with Crippen LogP contribution >= 0.6 is 0 Å². The Morgan fingerprint density at radius 1 is 1.20 bits per heavy atom. The lowest BCUT2D eigenvalue weighted by Gasteiger charge is -2.27. The average molecular weight is 141 g/mol. The molecule has 0 saturated heterocycles. The van der Waals surface area contributed by atoms with Crippen molar-refractivity contribution < 1.29 is 0 Å². The van der Waals surface area contributed by atoms with Gasteiger partial charge in [-0.2, -0.15) is 0 Å². The minimum atomic E-state index is 0.466. The first-order chi connectivity index (χ1) is 4.62.